The Balaban J connectivity index is 1.84. The number of pyridine rings is 1. The molecule has 2 heterocycles. The lowest BCUT2D eigenvalue weighted by Gasteiger charge is -2.14. The average molecular weight is 384 g/mol. The Bertz CT molecular complexity index is 922. The fraction of sp³-hybridized carbons (Fsp3) is 0.105. The number of carbonyl (C=O) groups is 1. The van der Waals surface area contributed by atoms with Crippen molar-refractivity contribution < 1.29 is 13.9 Å². The third-order valence-corrected chi connectivity index (χ3v) is 4.73. The molecular weight excluding hydrogens is 366 g/mol. The number of aromatic nitrogens is 1. The Hall–Kier alpha value is -3.05. The van der Waals surface area contributed by atoms with Crippen LogP contribution in [-0.2, 0) is 4.79 Å². The van der Waals surface area contributed by atoms with Crippen molar-refractivity contribution >= 4 is 26.0 Å². The first-order valence-electron chi connectivity index (χ1n) is 8.11. The highest BCUT2D eigenvalue weighted by Gasteiger charge is 2.16. The zero-order valence-electron chi connectivity index (χ0n) is 14.6. The zero-order valence-corrected chi connectivity index (χ0v) is 15.6. The summed E-state index contributed by atoms with van der Waals surface area (Å²) in [6, 6.07) is 9.11. The van der Waals surface area contributed by atoms with E-state index in [0.29, 0.717) is 43.1 Å². The smallest absolute Gasteiger partial charge is 0.257 e. The van der Waals surface area contributed by atoms with Gasteiger partial charge in [-0.05, 0) is 36.4 Å². The fourth-order valence-electron chi connectivity index (χ4n) is 2.40. The lowest BCUT2D eigenvalue weighted by Crippen LogP contribution is -2.19. The first-order valence-corrected chi connectivity index (χ1v) is 9.40. The van der Waals surface area contributed by atoms with Gasteiger partial charge in [0.25, 0.3) is 5.91 Å². The molecule has 1 aromatic carbocycles. The SMILES string of the molecule is COc1ccc(NC(=O)C2=C(N=C(N)c3ccc(F)cc3)CPC=C2)cn1. The first-order chi connectivity index (χ1) is 13.1. The zero-order chi connectivity index (χ0) is 19.2. The number of amides is 1. The summed E-state index contributed by atoms with van der Waals surface area (Å²) in [4.78, 5) is 21.1. The van der Waals surface area contributed by atoms with Crippen LogP contribution in [0.2, 0.25) is 0 Å². The number of ether oxygens (including phenoxy) is 1. The highest BCUT2D eigenvalue weighted by Crippen LogP contribution is 2.28. The summed E-state index contributed by atoms with van der Waals surface area (Å²) < 4.78 is 18.1. The third kappa shape index (κ3) is 4.77. The minimum atomic E-state index is -0.346. The van der Waals surface area contributed by atoms with Crippen LogP contribution < -0.4 is 15.8 Å². The van der Waals surface area contributed by atoms with E-state index in [1.54, 1.807) is 30.3 Å². The lowest BCUT2D eigenvalue weighted by atomic mass is 10.1. The van der Waals surface area contributed by atoms with Gasteiger partial charge in [0.2, 0.25) is 5.88 Å². The van der Waals surface area contributed by atoms with Crippen LogP contribution in [-0.4, -0.2) is 30.0 Å². The topological polar surface area (TPSA) is 89.6 Å². The molecule has 0 bridgehead atoms. The third-order valence-electron chi connectivity index (χ3n) is 3.79. The predicted octanol–water partition coefficient (Wildman–Crippen LogP) is 3.03. The number of aliphatic imine (C=N–C) groups is 1. The van der Waals surface area contributed by atoms with Crippen molar-refractivity contribution in [2.24, 2.45) is 10.7 Å². The second kappa shape index (κ2) is 8.56. The van der Waals surface area contributed by atoms with Crippen molar-refractivity contribution in [3.05, 3.63) is 77.1 Å². The number of allylic oxidation sites excluding steroid dienone is 1. The lowest BCUT2D eigenvalue weighted by molar-refractivity contribution is -0.112. The summed E-state index contributed by atoms with van der Waals surface area (Å²) in [7, 11) is 2.03. The molecule has 6 nitrogen and oxygen atoms in total. The van der Waals surface area contributed by atoms with Gasteiger partial charge in [-0.2, -0.15) is 0 Å². The molecule has 0 spiro atoms. The number of anilines is 1. The van der Waals surface area contributed by atoms with Gasteiger partial charge in [0.15, 0.2) is 0 Å². The summed E-state index contributed by atoms with van der Waals surface area (Å²) >= 11 is 0. The van der Waals surface area contributed by atoms with Crippen LogP contribution >= 0.6 is 8.58 Å². The van der Waals surface area contributed by atoms with Crippen molar-refractivity contribution in [3.63, 3.8) is 0 Å². The average Bonchev–Trinajstić information content (AvgIpc) is 2.69. The van der Waals surface area contributed by atoms with Crippen LogP contribution in [0.25, 0.3) is 0 Å². The maximum atomic E-state index is 13.1. The van der Waals surface area contributed by atoms with E-state index >= 15 is 0 Å². The van der Waals surface area contributed by atoms with Gasteiger partial charge in [0.05, 0.1) is 30.3 Å². The van der Waals surface area contributed by atoms with E-state index in [9.17, 15) is 9.18 Å². The summed E-state index contributed by atoms with van der Waals surface area (Å²) in [5.41, 5.74) is 8.22. The molecule has 1 aromatic heterocycles. The van der Waals surface area contributed by atoms with Gasteiger partial charge in [-0.15, -0.1) is 0 Å². The number of nitrogens with zero attached hydrogens (tertiary/aromatic N) is 2. The Kier molecular flexibility index (Phi) is 5.94. The predicted molar refractivity (Wildman–Crippen MR) is 106 cm³/mol. The molecule has 3 rings (SSSR count). The Labute approximate surface area is 157 Å². The minimum Gasteiger partial charge on any atom is -0.481 e. The molecule has 27 heavy (non-hydrogen) atoms. The molecule has 0 saturated heterocycles. The van der Waals surface area contributed by atoms with Crippen molar-refractivity contribution in [1.82, 2.24) is 4.98 Å². The number of nitrogens with one attached hydrogen (secondary N) is 1. The normalized spacial score (nSPS) is 15.1. The van der Waals surface area contributed by atoms with E-state index in [1.165, 1.54) is 25.4 Å². The van der Waals surface area contributed by atoms with Crippen molar-refractivity contribution in [2.75, 3.05) is 18.6 Å². The Morgan fingerprint density at radius 1 is 1.30 bits per heavy atom. The highest BCUT2D eigenvalue weighted by molar-refractivity contribution is 7.42. The summed E-state index contributed by atoms with van der Waals surface area (Å²) in [5.74, 6) is 1.99. The minimum absolute atomic E-state index is 0.238. The van der Waals surface area contributed by atoms with E-state index in [1.807, 2.05) is 5.82 Å². The van der Waals surface area contributed by atoms with Gasteiger partial charge >= 0.3 is 0 Å². The number of halogens is 1. The van der Waals surface area contributed by atoms with Crippen LogP contribution in [0.5, 0.6) is 5.88 Å². The van der Waals surface area contributed by atoms with Crippen LogP contribution in [0.3, 0.4) is 0 Å². The Morgan fingerprint density at radius 3 is 2.74 bits per heavy atom. The number of rotatable bonds is 5. The summed E-state index contributed by atoms with van der Waals surface area (Å²) in [6.45, 7) is 0. The van der Waals surface area contributed by atoms with Crippen molar-refractivity contribution in [2.45, 2.75) is 0 Å². The standard InChI is InChI=1S/C19H18FN4O2P/c1-26-17-7-6-14(10-22-17)23-19(25)15-8-9-27-11-16(15)24-18(21)12-2-4-13(20)5-3-12/h2-10,27H,11H2,1H3,(H2,21,24)(H,23,25). The van der Waals surface area contributed by atoms with Gasteiger partial charge in [-0.25, -0.2) is 14.4 Å². The molecule has 1 aliphatic heterocycles. The molecule has 138 valence electrons. The quantitative estimate of drug-likeness (QED) is 0.471. The van der Waals surface area contributed by atoms with Gasteiger partial charge in [0, 0.05) is 17.8 Å². The highest BCUT2D eigenvalue weighted by atomic mass is 31.1. The second-order valence-electron chi connectivity index (χ2n) is 5.62. The van der Waals surface area contributed by atoms with E-state index in [0.717, 1.165) is 0 Å². The van der Waals surface area contributed by atoms with Crippen LogP contribution in [0.1, 0.15) is 5.56 Å². The fourth-order valence-corrected chi connectivity index (χ4v) is 3.27. The summed E-state index contributed by atoms with van der Waals surface area (Å²) in [5, 5.41) is 2.79. The molecular formula is C19H18FN4O2P. The molecule has 0 aliphatic carbocycles. The second-order valence-corrected chi connectivity index (χ2v) is 6.72. The molecule has 0 radical (unpaired) electrons. The molecule has 1 atom stereocenters. The number of benzene rings is 1. The van der Waals surface area contributed by atoms with Crippen LogP contribution in [0.15, 0.2) is 70.8 Å². The monoisotopic (exact) mass is 384 g/mol. The number of hydrogen-bond donors (Lipinski definition) is 2. The van der Waals surface area contributed by atoms with E-state index < -0.39 is 0 Å². The summed E-state index contributed by atoms with van der Waals surface area (Å²) in [6.07, 6.45) is 3.87. The van der Waals surface area contributed by atoms with E-state index in [-0.39, 0.29) is 17.6 Å². The van der Waals surface area contributed by atoms with Gasteiger partial charge in [-0.3, -0.25) is 4.79 Å². The van der Waals surface area contributed by atoms with Gasteiger partial charge in [-0.1, -0.05) is 14.4 Å². The Morgan fingerprint density at radius 2 is 2.07 bits per heavy atom. The number of amidine groups is 1. The molecule has 2 aromatic rings. The molecule has 3 N–H and O–H groups in total. The maximum absolute atomic E-state index is 13.1. The van der Waals surface area contributed by atoms with Gasteiger partial charge in [0.1, 0.15) is 11.7 Å². The van der Waals surface area contributed by atoms with Gasteiger partial charge < -0.3 is 15.8 Å². The maximum Gasteiger partial charge on any atom is 0.257 e. The number of carbonyl (C=O) groups excluding carboxylic acids is 1. The first kappa shape index (κ1) is 18.7. The van der Waals surface area contributed by atoms with E-state index in [2.05, 4.69) is 15.3 Å². The number of methoxy groups -OCH3 is 1. The molecule has 0 fully saturated rings. The molecule has 1 amide bonds. The van der Waals surface area contributed by atoms with Crippen LogP contribution in [0.4, 0.5) is 10.1 Å². The molecule has 0 saturated carbocycles. The number of hydrogen-bond acceptors (Lipinski definition) is 4. The van der Waals surface area contributed by atoms with Crippen LogP contribution in [0, 0.1) is 5.82 Å². The van der Waals surface area contributed by atoms with E-state index in [4.69, 9.17) is 10.5 Å². The molecule has 1 unspecified atom stereocenters. The van der Waals surface area contributed by atoms with Crippen molar-refractivity contribution in [1.29, 1.82) is 0 Å². The number of nitrogens with two attached hydrogens (primary N) is 1. The molecule has 8 heteroatoms. The largest absolute Gasteiger partial charge is 0.481 e. The molecule has 1 aliphatic rings. The van der Waals surface area contributed by atoms with Crippen molar-refractivity contribution in [3.8, 4) is 5.88 Å².